The Kier molecular flexibility index (Phi) is 15.3. The predicted molar refractivity (Wildman–Crippen MR) is 139 cm³/mol. The van der Waals surface area contributed by atoms with E-state index in [4.69, 9.17) is 15.2 Å². The summed E-state index contributed by atoms with van der Waals surface area (Å²) in [6, 6.07) is 6.69. The van der Waals surface area contributed by atoms with Gasteiger partial charge < -0.3 is 30.9 Å². The first-order valence-corrected chi connectivity index (χ1v) is 12.9. The first-order chi connectivity index (χ1) is 16.7. The predicted octanol–water partition coefficient (Wildman–Crippen LogP) is 3.12. The topological polar surface area (TPSA) is 123 Å². The summed E-state index contributed by atoms with van der Waals surface area (Å²) in [5, 5.41) is 16.5. The van der Waals surface area contributed by atoms with Crippen molar-refractivity contribution in [3.05, 3.63) is 29.8 Å². The van der Waals surface area contributed by atoms with Crippen LogP contribution in [0.2, 0.25) is 0 Å². The fraction of sp³-hybridized carbons (Fsp3) is 0.704. The molecule has 0 aliphatic rings. The van der Waals surface area contributed by atoms with Crippen LogP contribution in [0.1, 0.15) is 70.2 Å². The number of methoxy groups -OCH3 is 1. The Bertz CT molecular complexity index is 743. The lowest BCUT2D eigenvalue weighted by atomic mass is 9.86. The van der Waals surface area contributed by atoms with Crippen molar-refractivity contribution in [3.8, 4) is 5.75 Å². The van der Waals surface area contributed by atoms with Crippen molar-refractivity contribution in [2.24, 2.45) is 23.5 Å². The molecular weight excluding hydrogens is 446 g/mol. The molecule has 0 aliphatic heterocycles. The van der Waals surface area contributed by atoms with Gasteiger partial charge >= 0.3 is 0 Å². The number of ether oxygens (including phenoxy) is 2. The summed E-state index contributed by atoms with van der Waals surface area (Å²) >= 11 is 0. The Morgan fingerprint density at radius 1 is 1.06 bits per heavy atom. The Hall–Kier alpha value is -2.16. The average Bonchev–Trinajstić information content (AvgIpc) is 2.84. The van der Waals surface area contributed by atoms with Gasteiger partial charge in [-0.25, -0.2) is 0 Å². The minimum Gasteiger partial charge on any atom is -0.493 e. The Labute approximate surface area is 211 Å². The number of unbranched alkanes of at least 4 members (excludes halogenated alkanes) is 1. The van der Waals surface area contributed by atoms with Crippen molar-refractivity contribution < 1.29 is 24.2 Å². The van der Waals surface area contributed by atoms with Gasteiger partial charge in [0.05, 0.1) is 18.3 Å². The van der Waals surface area contributed by atoms with Gasteiger partial charge in [-0.2, -0.15) is 0 Å². The van der Waals surface area contributed by atoms with E-state index in [0.29, 0.717) is 50.5 Å². The van der Waals surface area contributed by atoms with E-state index in [1.165, 1.54) is 0 Å². The SMILES string of the molecule is CCCCNC(=O)C(C)CC(O)C(N)CC(CNC(=O)c1ccccc1OCCCOC)C(C)C. The highest BCUT2D eigenvalue weighted by Gasteiger charge is 2.26. The molecule has 0 aliphatic carbocycles. The van der Waals surface area contributed by atoms with Crippen molar-refractivity contribution in [3.63, 3.8) is 0 Å². The van der Waals surface area contributed by atoms with Crippen LogP contribution in [-0.2, 0) is 9.53 Å². The molecule has 0 radical (unpaired) electrons. The molecule has 0 aromatic heterocycles. The van der Waals surface area contributed by atoms with E-state index in [0.717, 1.165) is 19.3 Å². The van der Waals surface area contributed by atoms with Crippen LogP contribution < -0.4 is 21.1 Å². The van der Waals surface area contributed by atoms with E-state index in [1.807, 2.05) is 19.1 Å². The van der Waals surface area contributed by atoms with Crippen molar-refractivity contribution in [1.29, 1.82) is 0 Å². The summed E-state index contributed by atoms with van der Waals surface area (Å²) in [5.41, 5.74) is 6.81. The maximum absolute atomic E-state index is 12.9. The number of carbonyl (C=O) groups excluding carboxylic acids is 2. The first kappa shape index (κ1) is 30.9. The highest BCUT2D eigenvalue weighted by molar-refractivity contribution is 5.96. The lowest BCUT2D eigenvalue weighted by Gasteiger charge is -2.28. The maximum Gasteiger partial charge on any atom is 0.255 e. The molecule has 2 amide bonds. The molecule has 8 nitrogen and oxygen atoms in total. The largest absolute Gasteiger partial charge is 0.493 e. The summed E-state index contributed by atoms with van der Waals surface area (Å²) < 4.78 is 10.8. The molecule has 1 aromatic carbocycles. The van der Waals surface area contributed by atoms with Gasteiger partial charge in [-0.1, -0.05) is 46.2 Å². The molecule has 8 heteroatoms. The van der Waals surface area contributed by atoms with Crippen LogP contribution in [0.5, 0.6) is 5.75 Å². The zero-order valence-electron chi connectivity index (χ0n) is 22.2. The van der Waals surface area contributed by atoms with Gasteiger partial charge in [0.1, 0.15) is 5.75 Å². The van der Waals surface area contributed by atoms with Gasteiger partial charge in [0.25, 0.3) is 5.91 Å². The number of amides is 2. The van der Waals surface area contributed by atoms with Crippen LogP contribution >= 0.6 is 0 Å². The molecule has 0 bridgehead atoms. The Morgan fingerprint density at radius 3 is 2.43 bits per heavy atom. The van der Waals surface area contributed by atoms with Gasteiger partial charge in [-0.05, 0) is 43.2 Å². The van der Waals surface area contributed by atoms with Gasteiger partial charge in [0.15, 0.2) is 0 Å². The Morgan fingerprint density at radius 2 is 1.77 bits per heavy atom. The molecular formula is C27H47N3O5. The fourth-order valence-electron chi connectivity index (χ4n) is 3.79. The molecule has 4 atom stereocenters. The number of nitrogens with two attached hydrogens (primary N) is 1. The monoisotopic (exact) mass is 493 g/mol. The molecule has 0 spiro atoms. The fourth-order valence-corrected chi connectivity index (χ4v) is 3.79. The van der Waals surface area contributed by atoms with Gasteiger partial charge in [0.2, 0.25) is 5.91 Å². The zero-order valence-corrected chi connectivity index (χ0v) is 22.2. The average molecular weight is 494 g/mol. The van der Waals surface area contributed by atoms with Gasteiger partial charge in [-0.3, -0.25) is 9.59 Å². The second-order valence-electron chi connectivity index (χ2n) is 9.65. The number of para-hydroxylation sites is 1. The van der Waals surface area contributed by atoms with E-state index >= 15 is 0 Å². The van der Waals surface area contributed by atoms with E-state index in [-0.39, 0.29) is 29.6 Å². The number of aliphatic hydroxyl groups is 1. The molecule has 0 fully saturated rings. The van der Waals surface area contributed by atoms with Crippen molar-refractivity contribution >= 4 is 11.8 Å². The minimum atomic E-state index is -0.792. The van der Waals surface area contributed by atoms with Crippen LogP contribution in [0, 0.1) is 17.8 Å². The van der Waals surface area contributed by atoms with Crippen LogP contribution in [0.15, 0.2) is 24.3 Å². The molecule has 200 valence electrons. The van der Waals surface area contributed by atoms with Crippen LogP contribution in [0.25, 0.3) is 0 Å². The molecule has 0 saturated heterocycles. The number of rotatable bonds is 18. The molecule has 4 unspecified atom stereocenters. The lowest BCUT2D eigenvalue weighted by molar-refractivity contribution is -0.125. The molecule has 1 aromatic rings. The number of aliphatic hydroxyl groups excluding tert-OH is 1. The smallest absolute Gasteiger partial charge is 0.255 e. The molecule has 0 heterocycles. The van der Waals surface area contributed by atoms with Crippen LogP contribution in [0.4, 0.5) is 0 Å². The minimum absolute atomic E-state index is 0.0551. The van der Waals surface area contributed by atoms with Gasteiger partial charge in [0, 0.05) is 45.2 Å². The van der Waals surface area contributed by atoms with E-state index in [9.17, 15) is 14.7 Å². The van der Waals surface area contributed by atoms with Crippen LogP contribution in [-0.4, -0.2) is 62.5 Å². The molecule has 35 heavy (non-hydrogen) atoms. The van der Waals surface area contributed by atoms with Crippen molar-refractivity contribution in [1.82, 2.24) is 10.6 Å². The highest BCUT2D eigenvalue weighted by atomic mass is 16.5. The molecule has 0 saturated carbocycles. The third kappa shape index (κ3) is 11.9. The molecule has 1 rings (SSSR count). The van der Waals surface area contributed by atoms with Gasteiger partial charge in [-0.15, -0.1) is 0 Å². The normalized spacial score (nSPS) is 14.7. The number of hydrogen-bond acceptors (Lipinski definition) is 6. The third-order valence-corrected chi connectivity index (χ3v) is 6.29. The van der Waals surface area contributed by atoms with Crippen LogP contribution in [0.3, 0.4) is 0 Å². The number of benzene rings is 1. The first-order valence-electron chi connectivity index (χ1n) is 12.9. The van der Waals surface area contributed by atoms with E-state index < -0.39 is 12.1 Å². The second kappa shape index (κ2) is 17.3. The van der Waals surface area contributed by atoms with Crippen molar-refractivity contribution in [2.45, 2.75) is 71.9 Å². The third-order valence-electron chi connectivity index (χ3n) is 6.29. The highest BCUT2D eigenvalue weighted by Crippen LogP contribution is 2.21. The second-order valence-corrected chi connectivity index (χ2v) is 9.65. The molecule has 5 N–H and O–H groups in total. The zero-order chi connectivity index (χ0) is 26.2. The number of carbonyl (C=O) groups is 2. The number of nitrogens with one attached hydrogen (secondary N) is 2. The summed E-state index contributed by atoms with van der Waals surface area (Å²) in [6.07, 6.45) is 2.75. The summed E-state index contributed by atoms with van der Waals surface area (Å²) in [4.78, 5) is 25.1. The summed E-state index contributed by atoms with van der Waals surface area (Å²) in [7, 11) is 1.64. The maximum atomic E-state index is 12.9. The lowest BCUT2D eigenvalue weighted by Crippen LogP contribution is -2.42. The standard InChI is InChI=1S/C27H47N3O5/c1-6-7-13-29-26(32)20(4)16-24(31)23(28)17-21(19(2)3)18-30-27(33)22-11-8-9-12-25(22)35-15-10-14-34-5/h8-9,11-12,19-21,23-24,31H,6-7,10,13-18,28H2,1-5H3,(H,29,32)(H,30,33). The van der Waals surface area contributed by atoms with E-state index in [2.05, 4.69) is 31.4 Å². The quantitative estimate of drug-likeness (QED) is 0.233. The van der Waals surface area contributed by atoms with Crippen molar-refractivity contribution in [2.75, 3.05) is 33.4 Å². The summed E-state index contributed by atoms with van der Waals surface area (Å²) in [5.74, 6) is 0.298. The Balaban J connectivity index is 2.62. The summed E-state index contributed by atoms with van der Waals surface area (Å²) in [6.45, 7) is 10.2. The number of hydrogen-bond donors (Lipinski definition) is 4. The van der Waals surface area contributed by atoms with E-state index in [1.54, 1.807) is 19.2 Å².